The van der Waals surface area contributed by atoms with E-state index < -0.39 is 24.6 Å². The molecule has 0 aliphatic rings. The third-order valence-electron chi connectivity index (χ3n) is 2.47. The Morgan fingerprint density at radius 1 is 1.00 bits per heavy atom. The van der Waals surface area contributed by atoms with E-state index in [2.05, 4.69) is 15.0 Å². The number of nitrogens with zero attached hydrogens (tertiary/aromatic N) is 1. The number of nitrogens with one attached hydrogen (secondary N) is 1. The molecule has 0 aliphatic carbocycles. The first kappa shape index (κ1) is 15.8. The Balaban J connectivity index is 2.23. The highest BCUT2D eigenvalue weighted by atomic mass is 19.4. The number of amidine groups is 1. The van der Waals surface area contributed by atoms with E-state index in [-0.39, 0.29) is 5.69 Å². The molecule has 0 heterocycles. The number of hydrogen-bond acceptors (Lipinski definition) is 2. The number of rotatable bonds is 3. The lowest BCUT2D eigenvalue weighted by Crippen LogP contribution is -2.24. The van der Waals surface area contributed by atoms with Gasteiger partial charge in [0, 0.05) is 5.69 Å². The lowest BCUT2D eigenvalue weighted by molar-refractivity contribution is -0.156. The molecule has 0 spiro atoms. The normalized spacial score (nSPS) is 12.1. The van der Waals surface area contributed by atoms with Crippen molar-refractivity contribution in [2.24, 2.45) is 4.99 Å². The van der Waals surface area contributed by atoms with E-state index >= 15 is 0 Å². The molecule has 0 unspecified atom stereocenters. The van der Waals surface area contributed by atoms with Crippen molar-refractivity contribution in [1.82, 2.24) is 0 Å². The molecule has 1 N–H and O–H groups in total. The summed E-state index contributed by atoms with van der Waals surface area (Å²) in [6.07, 6.45) is -4.52. The Morgan fingerprint density at radius 3 is 2.27 bits per heavy atom. The smallest absolute Gasteiger partial charge is 0.422 e. The molecule has 0 amide bonds. The molecule has 7 heteroatoms. The summed E-state index contributed by atoms with van der Waals surface area (Å²) in [6, 6.07) is 13.4. The Bertz CT molecular complexity index is 641. The first-order valence-corrected chi connectivity index (χ1v) is 6.29. The first-order valence-electron chi connectivity index (χ1n) is 6.29. The molecule has 0 atom stereocenters. The number of alkyl halides is 3. The molecule has 2 aromatic rings. The summed E-state index contributed by atoms with van der Waals surface area (Å²) in [4.78, 5) is 3.76. The van der Waals surface area contributed by atoms with E-state index in [1.54, 1.807) is 30.3 Å². The topological polar surface area (TPSA) is 33.6 Å². The van der Waals surface area contributed by atoms with Crippen LogP contribution < -0.4 is 5.32 Å². The molecule has 0 aliphatic heterocycles. The van der Waals surface area contributed by atoms with E-state index in [0.29, 0.717) is 5.69 Å². The van der Waals surface area contributed by atoms with Crippen LogP contribution in [0.15, 0.2) is 59.6 Å². The lowest BCUT2D eigenvalue weighted by Gasteiger charge is -2.13. The predicted octanol–water partition coefficient (Wildman–Crippen LogP) is 4.50. The maximum Gasteiger partial charge on any atom is 0.422 e. The second-order valence-corrected chi connectivity index (χ2v) is 4.26. The van der Waals surface area contributed by atoms with Crippen LogP contribution in [0, 0.1) is 5.82 Å². The van der Waals surface area contributed by atoms with Crippen LogP contribution in [0.1, 0.15) is 0 Å². The monoisotopic (exact) mass is 312 g/mol. The van der Waals surface area contributed by atoms with Crippen molar-refractivity contribution in [2.75, 3.05) is 11.9 Å². The fourth-order valence-electron chi connectivity index (χ4n) is 1.54. The lowest BCUT2D eigenvalue weighted by atomic mass is 10.3. The van der Waals surface area contributed by atoms with Crippen molar-refractivity contribution in [2.45, 2.75) is 6.18 Å². The summed E-state index contributed by atoms with van der Waals surface area (Å²) in [5, 5.41) is 2.59. The van der Waals surface area contributed by atoms with E-state index in [1.165, 1.54) is 18.2 Å². The Morgan fingerprint density at radius 2 is 1.64 bits per heavy atom. The zero-order valence-electron chi connectivity index (χ0n) is 11.3. The van der Waals surface area contributed by atoms with Crippen molar-refractivity contribution in [3.05, 3.63) is 60.4 Å². The summed E-state index contributed by atoms with van der Waals surface area (Å²) in [7, 11) is 0. The van der Waals surface area contributed by atoms with Gasteiger partial charge in [0.25, 0.3) is 6.02 Å². The van der Waals surface area contributed by atoms with Crippen LogP contribution in [-0.4, -0.2) is 18.8 Å². The van der Waals surface area contributed by atoms with Gasteiger partial charge in [-0.1, -0.05) is 30.3 Å². The minimum absolute atomic E-state index is 0.122. The third-order valence-corrected chi connectivity index (χ3v) is 2.47. The van der Waals surface area contributed by atoms with Crippen LogP contribution >= 0.6 is 0 Å². The molecule has 0 fully saturated rings. The molecule has 0 radical (unpaired) electrons. The number of ether oxygens (including phenoxy) is 1. The SMILES string of the molecule is Fc1ccccc1N=C(Nc1ccccc1)OCC(F)(F)F. The van der Waals surface area contributed by atoms with Crippen LogP contribution in [0.3, 0.4) is 0 Å². The van der Waals surface area contributed by atoms with Gasteiger partial charge in [-0.25, -0.2) is 4.39 Å². The number of aliphatic imine (C=N–C) groups is 1. The summed E-state index contributed by atoms with van der Waals surface area (Å²) in [6.45, 7) is -1.53. The number of hydrogen-bond donors (Lipinski definition) is 1. The van der Waals surface area contributed by atoms with Crippen molar-refractivity contribution >= 4 is 17.4 Å². The molecule has 2 rings (SSSR count). The van der Waals surface area contributed by atoms with Crippen LogP contribution in [0.2, 0.25) is 0 Å². The highest BCUT2D eigenvalue weighted by Crippen LogP contribution is 2.19. The largest absolute Gasteiger partial charge is 0.455 e. The van der Waals surface area contributed by atoms with Gasteiger partial charge >= 0.3 is 6.18 Å². The van der Waals surface area contributed by atoms with Gasteiger partial charge in [-0.15, -0.1) is 0 Å². The van der Waals surface area contributed by atoms with Gasteiger partial charge in [0.2, 0.25) is 0 Å². The van der Waals surface area contributed by atoms with Gasteiger partial charge < -0.3 is 10.1 Å². The van der Waals surface area contributed by atoms with Crippen molar-refractivity contribution in [3.8, 4) is 0 Å². The average molecular weight is 312 g/mol. The zero-order valence-corrected chi connectivity index (χ0v) is 11.3. The van der Waals surface area contributed by atoms with E-state index in [0.717, 1.165) is 6.07 Å². The molecule has 0 aromatic heterocycles. The fraction of sp³-hybridized carbons (Fsp3) is 0.133. The van der Waals surface area contributed by atoms with Gasteiger partial charge in [0.15, 0.2) is 6.61 Å². The zero-order chi connectivity index (χ0) is 16.0. The van der Waals surface area contributed by atoms with Gasteiger partial charge in [-0.05, 0) is 24.3 Å². The number of benzene rings is 2. The first-order chi connectivity index (χ1) is 10.4. The van der Waals surface area contributed by atoms with E-state index in [9.17, 15) is 17.6 Å². The van der Waals surface area contributed by atoms with Gasteiger partial charge in [0.1, 0.15) is 11.5 Å². The molecule has 22 heavy (non-hydrogen) atoms. The van der Waals surface area contributed by atoms with Crippen LogP contribution in [-0.2, 0) is 4.74 Å². The van der Waals surface area contributed by atoms with Crippen molar-refractivity contribution in [3.63, 3.8) is 0 Å². The van der Waals surface area contributed by atoms with Gasteiger partial charge in [-0.2, -0.15) is 18.2 Å². The molecular formula is C15H12F4N2O. The molecular weight excluding hydrogens is 300 g/mol. The third kappa shape index (κ3) is 5.08. The summed E-state index contributed by atoms with van der Waals surface area (Å²) >= 11 is 0. The van der Waals surface area contributed by atoms with Gasteiger partial charge in [-0.3, -0.25) is 0 Å². The summed E-state index contributed by atoms with van der Waals surface area (Å²) < 4.78 is 55.0. The minimum Gasteiger partial charge on any atom is -0.455 e. The minimum atomic E-state index is -4.52. The van der Waals surface area contributed by atoms with Gasteiger partial charge in [0.05, 0.1) is 0 Å². The molecule has 2 aromatic carbocycles. The van der Waals surface area contributed by atoms with E-state index in [1.807, 2.05) is 0 Å². The van der Waals surface area contributed by atoms with Crippen LogP contribution in [0.5, 0.6) is 0 Å². The van der Waals surface area contributed by atoms with Crippen LogP contribution in [0.25, 0.3) is 0 Å². The van der Waals surface area contributed by atoms with Crippen molar-refractivity contribution in [1.29, 1.82) is 0 Å². The van der Waals surface area contributed by atoms with Crippen LogP contribution in [0.4, 0.5) is 28.9 Å². The molecule has 3 nitrogen and oxygen atoms in total. The Kier molecular flexibility index (Phi) is 4.98. The Hall–Kier alpha value is -2.57. The summed E-state index contributed by atoms with van der Waals surface area (Å²) in [5.41, 5.74) is 0.350. The van der Waals surface area contributed by atoms with E-state index in [4.69, 9.17) is 0 Å². The van der Waals surface area contributed by atoms with Crippen molar-refractivity contribution < 1.29 is 22.3 Å². The summed E-state index contributed by atoms with van der Waals surface area (Å²) in [5.74, 6) is -0.662. The number of halogens is 4. The second-order valence-electron chi connectivity index (χ2n) is 4.26. The maximum atomic E-state index is 13.6. The quantitative estimate of drug-likeness (QED) is 0.514. The molecule has 0 saturated heterocycles. The maximum absolute atomic E-state index is 13.6. The molecule has 116 valence electrons. The number of para-hydroxylation sites is 2. The fourth-order valence-corrected chi connectivity index (χ4v) is 1.54. The standard InChI is InChI=1S/C15H12F4N2O/c16-12-8-4-5-9-13(12)21-14(22-10-15(17,18)19)20-11-6-2-1-3-7-11/h1-9H,10H2,(H,20,21). The Labute approximate surface area is 124 Å². The predicted molar refractivity (Wildman–Crippen MR) is 75.6 cm³/mol. The molecule has 0 saturated carbocycles. The second kappa shape index (κ2) is 6.93. The highest BCUT2D eigenvalue weighted by Gasteiger charge is 2.29. The highest BCUT2D eigenvalue weighted by molar-refractivity contribution is 5.90. The average Bonchev–Trinajstić information content (AvgIpc) is 2.47. The number of anilines is 1. The molecule has 0 bridgehead atoms.